The SMILES string of the molecule is CC(=O)Nc1ccc(CCNc2nccc(-c3cccc(CN(CCCN)S(C)(=O)=O)c3)n2)cc1. The van der Waals surface area contributed by atoms with Gasteiger partial charge in [-0.2, -0.15) is 4.31 Å². The first-order chi connectivity index (χ1) is 16.7. The van der Waals surface area contributed by atoms with E-state index >= 15 is 0 Å². The second-order valence-corrected chi connectivity index (χ2v) is 10.2. The van der Waals surface area contributed by atoms with Crippen molar-refractivity contribution >= 4 is 27.6 Å². The molecule has 3 aromatic rings. The topological polar surface area (TPSA) is 130 Å². The zero-order valence-corrected chi connectivity index (χ0v) is 20.9. The summed E-state index contributed by atoms with van der Waals surface area (Å²) in [5.74, 6) is 0.421. The first-order valence-electron chi connectivity index (χ1n) is 11.4. The molecule has 1 heterocycles. The summed E-state index contributed by atoms with van der Waals surface area (Å²) < 4.78 is 25.7. The van der Waals surface area contributed by atoms with Crippen LogP contribution in [0.4, 0.5) is 11.6 Å². The van der Waals surface area contributed by atoms with Gasteiger partial charge in [0, 0.05) is 44.0 Å². The minimum Gasteiger partial charge on any atom is -0.354 e. The van der Waals surface area contributed by atoms with E-state index in [1.807, 2.05) is 54.6 Å². The molecule has 0 atom stereocenters. The zero-order valence-electron chi connectivity index (χ0n) is 20.1. The normalized spacial score (nSPS) is 11.4. The van der Waals surface area contributed by atoms with E-state index in [-0.39, 0.29) is 12.5 Å². The number of aromatic nitrogens is 2. The molecular formula is C25H32N6O3S. The van der Waals surface area contributed by atoms with Crippen LogP contribution in [0.2, 0.25) is 0 Å². The molecule has 4 N–H and O–H groups in total. The summed E-state index contributed by atoms with van der Waals surface area (Å²) in [7, 11) is -3.34. The highest BCUT2D eigenvalue weighted by Crippen LogP contribution is 2.21. The van der Waals surface area contributed by atoms with Gasteiger partial charge in [0.15, 0.2) is 0 Å². The van der Waals surface area contributed by atoms with Gasteiger partial charge < -0.3 is 16.4 Å². The van der Waals surface area contributed by atoms with Crippen molar-refractivity contribution in [1.82, 2.24) is 14.3 Å². The van der Waals surface area contributed by atoms with Gasteiger partial charge in [0.2, 0.25) is 21.9 Å². The number of carbonyl (C=O) groups is 1. The van der Waals surface area contributed by atoms with Crippen LogP contribution in [0.1, 0.15) is 24.5 Å². The monoisotopic (exact) mass is 496 g/mol. The van der Waals surface area contributed by atoms with Crippen molar-refractivity contribution in [3.63, 3.8) is 0 Å². The van der Waals surface area contributed by atoms with Gasteiger partial charge in [0.05, 0.1) is 11.9 Å². The molecule has 0 saturated heterocycles. The predicted octanol–water partition coefficient (Wildman–Crippen LogP) is 2.87. The molecule has 0 aliphatic heterocycles. The Bertz CT molecular complexity index is 1230. The molecule has 0 bridgehead atoms. The molecule has 0 aliphatic rings. The fraction of sp³-hybridized carbons (Fsp3) is 0.320. The Hall–Kier alpha value is -3.34. The van der Waals surface area contributed by atoms with Crippen molar-refractivity contribution in [1.29, 1.82) is 0 Å². The smallest absolute Gasteiger partial charge is 0.223 e. The van der Waals surface area contributed by atoms with Gasteiger partial charge in [0.25, 0.3) is 0 Å². The van der Waals surface area contributed by atoms with E-state index in [1.54, 1.807) is 6.20 Å². The number of nitrogens with zero attached hydrogens (tertiary/aromatic N) is 3. The lowest BCUT2D eigenvalue weighted by Gasteiger charge is -2.20. The summed E-state index contributed by atoms with van der Waals surface area (Å²) >= 11 is 0. The average molecular weight is 497 g/mol. The third-order valence-electron chi connectivity index (χ3n) is 5.29. The van der Waals surface area contributed by atoms with Gasteiger partial charge in [-0.3, -0.25) is 4.79 Å². The summed E-state index contributed by atoms with van der Waals surface area (Å²) in [6.45, 7) is 3.23. The highest BCUT2D eigenvalue weighted by Gasteiger charge is 2.16. The largest absolute Gasteiger partial charge is 0.354 e. The molecule has 2 aromatic carbocycles. The number of carbonyl (C=O) groups excluding carboxylic acids is 1. The number of nitrogens with two attached hydrogens (primary N) is 1. The first-order valence-corrected chi connectivity index (χ1v) is 13.3. The molecule has 0 saturated carbocycles. The van der Waals surface area contributed by atoms with Crippen LogP contribution in [0.3, 0.4) is 0 Å². The minimum absolute atomic E-state index is 0.0960. The number of nitrogens with one attached hydrogen (secondary N) is 2. The second-order valence-electron chi connectivity index (χ2n) is 8.26. The van der Waals surface area contributed by atoms with Crippen LogP contribution >= 0.6 is 0 Å². The standard InChI is InChI=1S/C25H32N6O3S/c1-19(32)29-23-9-7-20(8-10-23)11-14-27-25-28-15-12-24(30-25)22-6-3-5-21(17-22)18-31(16-4-13-26)35(2,33)34/h3,5-10,12,15,17H,4,11,13-14,16,18,26H2,1-2H3,(H,29,32)(H,27,28,30). The molecule has 186 valence electrons. The van der Waals surface area contributed by atoms with Crippen LogP contribution in [0.15, 0.2) is 60.8 Å². The molecule has 3 rings (SSSR count). The summed E-state index contributed by atoms with van der Waals surface area (Å²) in [4.78, 5) is 20.1. The number of anilines is 2. The van der Waals surface area contributed by atoms with E-state index in [9.17, 15) is 13.2 Å². The highest BCUT2D eigenvalue weighted by molar-refractivity contribution is 7.88. The van der Waals surface area contributed by atoms with Crippen LogP contribution in [0.25, 0.3) is 11.3 Å². The van der Waals surface area contributed by atoms with E-state index < -0.39 is 10.0 Å². The zero-order chi connectivity index (χ0) is 25.3. The van der Waals surface area contributed by atoms with Crippen LogP contribution < -0.4 is 16.4 Å². The molecule has 0 fully saturated rings. The molecule has 0 aliphatic carbocycles. The molecule has 0 radical (unpaired) electrons. The molecule has 1 amide bonds. The molecule has 35 heavy (non-hydrogen) atoms. The Morgan fingerprint density at radius 3 is 2.54 bits per heavy atom. The lowest BCUT2D eigenvalue weighted by Crippen LogP contribution is -2.31. The average Bonchev–Trinajstić information content (AvgIpc) is 2.82. The van der Waals surface area contributed by atoms with Gasteiger partial charge in [-0.25, -0.2) is 18.4 Å². The Labute approximate surface area is 206 Å². The van der Waals surface area contributed by atoms with Crippen LogP contribution in [0, 0.1) is 0 Å². The third-order valence-corrected chi connectivity index (χ3v) is 6.54. The predicted molar refractivity (Wildman–Crippen MR) is 139 cm³/mol. The molecule has 9 nitrogen and oxygen atoms in total. The first kappa shape index (κ1) is 26.3. The lowest BCUT2D eigenvalue weighted by molar-refractivity contribution is -0.114. The molecule has 1 aromatic heterocycles. The third kappa shape index (κ3) is 8.43. The quantitative estimate of drug-likeness (QED) is 0.351. The Morgan fingerprint density at radius 1 is 1.09 bits per heavy atom. The fourth-order valence-electron chi connectivity index (χ4n) is 3.54. The molecule has 0 spiro atoms. The van der Waals surface area contributed by atoms with Crippen molar-refractivity contribution in [3.05, 3.63) is 71.9 Å². The van der Waals surface area contributed by atoms with Crippen LogP contribution in [0.5, 0.6) is 0 Å². The van der Waals surface area contributed by atoms with E-state index in [0.717, 1.165) is 34.5 Å². The number of benzene rings is 2. The van der Waals surface area contributed by atoms with Gasteiger partial charge in [-0.1, -0.05) is 30.3 Å². The van der Waals surface area contributed by atoms with E-state index in [4.69, 9.17) is 5.73 Å². The Morgan fingerprint density at radius 2 is 1.86 bits per heavy atom. The highest BCUT2D eigenvalue weighted by atomic mass is 32.2. The summed E-state index contributed by atoms with van der Waals surface area (Å²) in [5.41, 5.74) is 9.96. The van der Waals surface area contributed by atoms with Crippen LogP contribution in [-0.4, -0.2) is 54.5 Å². The summed E-state index contributed by atoms with van der Waals surface area (Å²) in [6, 6.07) is 17.2. The summed E-state index contributed by atoms with van der Waals surface area (Å²) in [5, 5.41) is 6.00. The fourth-order valence-corrected chi connectivity index (χ4v) is 4.39. The van der Waals surface area contributed by atoms with Gasteiger partial charge >= 0.3 is 0 Å². The van der Waals surface area contributed by atoms with E-state index in [0.29, 0.717) is 32.0 Å². The number of sulfonamides is 1. The van der Waals surface area contributed by atoms with Crippen LogP contribution in [-0.2, 0) is 27.8 Å². The molecular weight excluding hydrogens is 464 g/mol. The lowest BCUT2D eigenvalue weighted by atomic mass is 10.1. The summed E-state index contributed by atoms with van der Waals surface area (Å²) in [6.07, 6.45) is 4.29. The van der Waals surface area contributed by atoms with Gasteiger partial charge in [0.1, 0.15) is 0 Å². The van der Waals surface area contributed by atoms with Crippen molar-refractivity contribution in [3.8, 4) is 11.3 Å². The molecule has 0 unspecified atom stereocenters. The maximum Gasteiger partial charge on any atom is 0.223 e. The van der Waals surface area contributed by atoms with Gasteiger partial charge in [-0.15, -0.1) is 0 Å². The minimum atomic E-state index is -3.34. The van der Waals surface area contributed by atoms with Crippen molar-refractivity contribution in [2.24, 2.45) is 5.73 Å². The van der Waals surface area contributed by atoms with Crippen molar-refractivity contribution < 1.29 is 13.2 Å². The van der Waals surface area contributed by atoms with Gasteiger partial charge in [-0.05, 0) is 54.8 Å². The number of rotatable bonds is 12. The number of amides is 1. The van der Waals surface area contributed by atoms with Crippen molar-refractivity contribution in [2.45, 2.75) is 26.3 Å². The van der Waals surface area contributed by atoms with E-state index in [2.05, 4.69) is 20.6 Å². The maximum absolute atomic E-state index is 12.1. The Balaban J connectivity index is 1.63. The molecule has 10 heteroatoms. The maximum atomic E-state index is 12.1. The second kappa shape index (κ2) is 12.4. The van der Waals surface area contributed by atoms with E-state index in [1.165, 1.54) is 17.5 Å². The Kier molecular flexibility index (Phi) is 9.30. The number of hydrogen-bond acceptors (Lipinski definition) is 7. The van der Waals surface area contributed by atoms with Crippen molar-refractivity contribution in [2.75, 3.05) is 36.5 Å². The number of hydrogen-bond donors (Lipinski definition) is 3.